The van der Waals surface area contributed by atoms with E-state index in [4.69, 9.17) is 9.94 Å². The van der Waals surface area contributed by atoms with E-state index in [1.807, 2.05) is 12.4 Å². The van der Waals surface area contributed by atoms with E-state index in [1.165, 1.54) is 13.3 Å². The summed E-state index contributed by atoms with van der Waals surface area (Å²) in [4.78, 5) is 23.6. The molecule has 3 saturated carbocycles. The van der Waals surface area contributed by atoms with Crippen LogP contribution in [0.4, 0.5) is 0 Å². The third-order valence-electron chi connectivity index (χ3n) is 9.56. The van der Waals surface area contributed by atoms with Gasteiger partial charge in [0.05, 0.1) is 0 Å². The number of amides is 1. The molecule has 8 atom stereocenters. The number of esters is 1. The summed E-state index contributed by atoms with van der Waals surface area (Å²) >= 11 is 0. The highest BCUT2D eigenvalue weighted by atomic mass is 16.5. The Labute approximate surface area is 174 Å². The summed E-state index contributed by atoms with van der Waals surface area (Å²) in [5.74, 6) is 1.55. The highest BCUT2D eigenvalue weighted by Crippen LogP contribution is 2.66. The zero-order chi connectivity index (χ0) is 21.0. The number of hydroxylamine groups is 1. The predicted octanol–water partition coefficient (Wildman–Crippen LogP) is 4.64. The van der Waals surface area contributed by atoms with Crippen molar-refractivity contribution in [3.63, 3.8) is 0 Å². The summed E-state index contributed by atoms with van der Waals surface area (Å²) in [6.07, 6.45) is 11.4. The number of rotatable bonds is 3. The Hall–Kier alpha value is -1.36. The first-order valence-electron chi connectivity index (χ1n) is 11.5. The van der Waals surface area contributed by atoms with Gasteiger partial charge in [-0.05, 0) is 85.9 Å². The second kappa shape index (κ2) is 7.40. The Bertz CT molecular complexity index is 718. The second-order valence-corrected chi connectivity index (χ2v) is 10.7. The lowest BCUT2D eigenvalue weighted by molar-refractivity contribution is -0.152. The van der Waals surface area contributed by atoms with E-state index in [1.54, 1.807) is 5.57 Å². The molecule has 0 heterocycles. The number of nitrogens with one attached hydrogen (secondary N) is 1. The molecule has 0 aromatic rings. The van der Waals surface area contributed by atoms with Gasteiger partial charge in [-0.1, -0.05) is 32.4 Å². The minimum absolute atomic E-state index is 0.0862. The van der Waals surface area contributed by atoms with Crippen LogP contribution in [0.3, 0.4) is 0 Å². The molecule has 4 aliphatic rings. The normalized spacial score (nSPS) is 44.6. The van der Waals surface area contributed by atoms with Crippen LogP contribution < -0.4 is 5.48 Å². The van der Waals surface area contributed by atoms with Crippen LogP contribution in [0.1, 0.15) is 79.1 Å². The minimum Gasteiger partial charge on any atom is -0.463 e. The van der Waals surface area contributed by atoms with Crippen LogP contribution in [0.5, 0.6) is 0 Å². The molecule has 0 radical (unpaired) electrons. The summed E-state index contributed by atoms with van der Waals surface area (Å²) < 4.78 is 5.56. The molecule has 0 unspecified atom stereocenters. The van der Waals surface area contributed by atoms with Gasteiger partial charge in [0.15, 0.2) is 0 Å². The van der Waals surface area contributed by atoms with Gasteiger partial charge in [0.2, 0.25) is 5.91 Å². The number of hydrogen-bond acceptors (Lipinski definition) is 4. The van der Waals surface area contributed by atoms with Gasteiger partial charge in [-0.25, -0.2) is 5.48 Å². The van der Waals surface area contributed by atoms with Gasteiger partial charge in [0.1, 0.15) is 6.10 Å². The van der Waals surface area contributed by atoms with E-state index in [9.17, 15) is 9.59 Å². The Morgan fingerprint density at radius 1 is 1.14 bits per heavy atom. The SMILES string of the molecule is CC(=O)O[C@H]1CC[C@@]2(C)[C@@H](CC=C3[C@@H]2CC[C@]2(C)[C@@H]([C@H](C)C(=O)NO)CC[C@@H]32)C1. The number of ether oxygens (including phenoxy) is 1. The maximum atomic E-state index is 12.1. The standard InChI is InChI=1S/C24H37NO4/c1-14(22(27)25-28)19-7-8-20-18-6-5-16-13-17(29-15(2)26)9-11-23(16,3)21(18)10-12-24(19,20)4/h6,14,16-17,19-21,28H,5,7-13H2,1-4H3,(H,25,27)/t14-,16-,17-,19+,20-,21-,23-,24+/m0/s1. The van der Waals surface area contributed by atoms with E-state index in [2.05, 4.69) is 19.9 Å². The molecule has 0 spiro atoms. The van der Waals surface area contributed by atoms with Crippen LogP contribution in [-0.2, 0) is 14.3 Å². The van der Waals surface area contributed by atoms with Crippen molar-refractivity contribution in [1.29, 1.82) is 0 Å². The van der Waals surface area contributed by atoms with Crippen molar-refractivity contribution in [3.05, 3.63) is 11.6 Å². The van der Waals surface area contributed by atoms with Gasteiger partial charge in [0.25, 0.3) is 0 Å². The van der Waals surface area contributed by atoms with Crippen LogP contribution in [0.25, 0.3) is 0 Å². The van der Waals surface area contributed by atoms with Crippen molar-refractivity contribution in [2.75, 3.05) is 0 Å². The molecule has 5 heteroatoms. The molecule has 2 N–H and O–H groups in total. The average molecular weight is 404 g/mol. The third-order valence-corrected chi connectivity index (χ3v) is 9.56. The van der Waals surface area contributed by atoms with Crippen LogP contribution in [-0.4, -0.2) is 23.2 Å². The molecule has 0 bridgehead atoms. The van der Waals surface area contributed by atoms with E-state index in [-0.39, 0.29) is 29.3 Å². The molecule has 0 saturated heterocycles. The number of carbonyl (C=O) groups is 2. The van der Waals surface area contributed by atoms with Gasteiger partial charge < -0.3 is 4.74 Å². The fraction of sp³-hybridized carbons (Fsp3) is 0.833. The zero-order valence-electron chi connectivity index (χ0n) is 18.4. The molecular formula is C24H37NO4. The lowest BCUT2D eigenvalue weighted by Crippen LogP contribution is -2.50. The third kappa shape index (κ3) is 3.24. The van der Waals surface area contributed by atoms with Crippen molar-refractivity contribution in [2.45, 2.75) is 85.2 Å². The molecule has 29 heavy (non-hydrogen) atoms. The Kier molecular flexibility index (Phi) is 5.33. The second-order valence-electron chi connectivity index (χ2n) is 10.7. The molecule has 162 valence electrons. The van der Waals surface area contributed by atoms with Gasteiger partial charge in [-0.15, -0.1) is 0 Å². The van der Waals surface area contributed by atoms with Crippen LogP contribution in [0.15, 0.2) is 11.6 Å². The summed E-state index contributed by atoms with van der Waals surface area (Å²) in [5, 5.41) is 9.13. The molecule has 4 aliphatic carbocycles. The summed E-state index contributed by atoms with van der Waals surface area (Å²) in [6.45, 7) is 8.36. The minimum atomic E-state index is -0.243. The van der Waals surface area contributed by atoms with Gasteiger partial charge in [-0.3, -0.25) is 14.8 Å². The van der Waals surface area contributed by atoms with Crippen molar-refractivity contribution < 1.29 is 19.5 Å². The monoisotopic (exact) mass is 403 g/mol. The first kappa shape index (κ1) is 20.9. The maximum Gasteiger partial charge on any atom is 0.302 e. The Balaban J connectivity index is 1.56. The first-order valence-corrected chi connectivity index (χ1v) is 11.5. The number of fused-ring (bicyclic) bond motifs is 5. The Morgan fingerprint density at radius 2 is 1.83 bits per heavy atom. The van der Waals surface area contributed by atoms with Crippen molar-refractivity contribution in [3.8, 4) is 0 Å². The van der Waals surface area contributed by atoms with Gasteiger partial charge in [0, 0.05) is 12.8 Å². The molecule has 0 aromatic heterocycles. The Morgan fingerprint density at radius 3 is 2.52 bits per heavy atom. The number of hydrogen-bond donors (Lipinski definition) is 2. The molecule has 4 rings (SSSR count). The predicted molar refractivity (Wildman–Crippen MR) is 110 cm³/mol. The molecular weight excluding hydrogens is 366 g/mol. The highest BCUT2D eigenvalue weighted by molar-refractivity contribution is 5.77. The highest BCUT2D eigenvalue weighted by Gasteiger charge is 2.58. The summed E-state index contributed by atoms with van der Waals surface area (Å²) in [7, 11) is 0. The lowest BCUT2D eigenvalue weighted by Gasteiger charge is -2.57. The van der Waals surface area contributed by atoms with Crippen molar-refractivity contribution >= 4 is 11.9 Å². The van der Waals surface area contributed by atoms with E-state index in [0.717, 1.165) is 44.9 Å². The zero-order valence-corrected chi connectivity index (χ0v) is 18.4. The first-order chi connectivity index (χ1) is 13.7. The topological polar surface area (TPSA) is 75.6 Å². The fourth-order valence-electron chi connectivity index (χ4n) is 7.96. The van der Waals surface area contributed by atoms with Crippen LogP contribution >= 0.6 is 0 Å². The van der Waals surface area contributed by atoms with Gasteiger partial charge >= 0.3 is 5.97 Å². The van der Waals surface area contributed by atoms with E-state index in [0.29, 0.717) is 29.1 Å². The number of carbonyl (C=O) groups excluding carboxylic acids is 2. The molecule has 1 amide bonds. The fourth-order valence-corrected chi connectivity index (χ4v) is 7.96. The molecule has 0 aromatic carbocycles. The van der Waals surface area contributed by atoms with Crippen molar-refractivity contribution in [2.24, 2.45) is 40.4 Å². The largest absolute Gasteiger partial charge is 0.463 e. The summed E-state index contributed by atoms with van der Waals surface area (Å²) in [6, 6.07) is 0. The molecule has 0 aliphatic heterocycles. The quantitative estimate of drug-likeness (QED) is 0.312. The average Bonchev–Trinajstić information content (AvgIpc) is 3.03. The lowest BCUT2D eigenvalue weighted by atomic mass is 9.47. The smallest absolute Gasteiger partial charge is 0.302 e. The van der Waals surface area contributed by atoms with E-state index < -0.39 is 0 Å². The van der Waals surface area contributed by atoms with E-state index >= 15 is 0 Å². The summed E-state index contributed by atoms with van der Waals surface area (Å²) in [5.41, 5.74) is 3.98. The van der Waals surface area contributed by atoms with Gasteiger partial charge in [-0.2, -0.15) is 0 Å². The van der Waals surface area contributed by atoms with Crippen molar-refractivity contribution in [1.82, 2.24) is 5.48 Å². The maximum absolute atomic E-state index is 12.1. The molecule has 3 fully saturated rings. The molecule has 5 nitrogen and oxygen atoms in total. The number of allylic oxidation sites excluding steroid dienone is 2. The van der Waals surface area contributed by atoms with Crippen LogP contribution in [0.2, 0.25) is 0 Å². The van der Waals surface area contributed by atoms with Crippen LogP contribution in [0, 0.1) is 40.4 Å².